The quantitative estimate of drug-likeness (QED) is 0.699. The summed E-state index contributed by atoms with van der Waals surface area (Å²) < 4.78 is 7.16. The minimum Gasteiger partial charge on any atom is -0.484 e. The molecule has 3 rings (SSSR count). The van der Waals surface area contributed by atoms with Crippen molar-refractivity contribution < 1.29 is 14.3 Å². The lowest BCUT2D eigenvalue weighted by Crippen LogP contribution is -2.26. The van der Waals surface area contributed by atoms with Gasteiger partial charge in [0, 0.05) is 21.1 Å². The number of nitrogens with one attached hydrogen (secondary N) is 1. The number of ether oxygens (including phenoxy) is 1. The Morgan fingerprint density at radius 2 is 1.66 bits per heavy atom. The summed E-state index contributed by atoms with van der Waals surface area (Å²) in [4.78, 5) is 26.1. The Labute approximate surface area is 169 Å². The van der Waals surface area contributed by atoms with Crippen molar-refractivity contribution in [1.82, 2.24) is 14.7 Å². The Morgan fingerprint density at radius 1 is 1.03 bits per heavy atom. The number of anilines is 1. The maximum atomic E-state index is 12.4. The number of aryl methyl sites for hydroxylation is 1. The zero-order valence-electron chi connectivity index (χ0n) is 17.0. The number of aromatic nitrogens is 2. The Kier molecular flexibility index (Phi) is 5.97. The molecule has 0 unspecified atom stereocenters. The Hall–Kier alpha value is -3.61. The first-order valence-electron chi connectivity index (χ1n) is 9.20. The molecule has 0 fully saturated rings. The van der Waals surface area contributed by atoms with E-state index >= 15 is 0 Å². The van der Waals surface area contributed by atoms with Crippen molar-refractivity contribution in [3.63, 3.8) is 0 Å². The van der Waals surface area contributed by atoms with E-state index in [0.29, 0.717) is 17.1 Å². The van der Waals surface area contributed by atoms with Crippen molar-refractivity contribution >= 4 is 17.5 Å². The topological polar surface area (TPSA) is 76.5 Å². The van der Waals surface area contributed by atoms with Gasteiger partial charge in [-0.3, -0.25) is 14.3 Å². The number of carbonyl (C=O) groups is 2. The van der Waals surface area contributed by atoms with Gasteiger partial charge in [0.2, 0.25) is 0 Å². The minimum absolute atomic E-state index is 0.172. The van der Waals surface area contributed by atoms with Crippen LogP contribution in [0.2, 0.25) is 0 Å². The highest BCUT2D eigenvalue weighted by Crippen LogP contribution is 2.23. The zero-order chi connectivity index (χ0) is 21.0. The molecule has 0 atom stereocenters. The van der Waals surface area contributed by atoms with Crippen molar-refractivity contribution in [2.24, 2.45) is 7.05 Å². The van der Waals surface area contributed by atoms with E-state index in [-0.39, 0.29) is 24.1 Å². The summed E-state index contributed by atoms with van der Waals surface area (Å²) in [6.45, 7) is 1.62. The molecule has 29 heavy (non-hydrogen) atoms. The van der Waals surface area contributed by atoms with E-state index in [1.807, 2.05) is 54.6 Å². The van der Waals surface area contributed by atoms with Crippen LogP contribution in [0, 0.1) is 6.92 Å². The monoisotopic (exact) mass is 392 g/mol. The molecule has 0 radical (unpaired) electrons. The first kappa shape index (κ1) is 20.1. The average molecular weight is 392 g/mol. The highest BCUT2D eigenvalue weighted by molar-refractivity contribution is 6.03. The number of amides is 2. The summed E-state index contributed by atoms with van der Waals surface area (Å²) in [5.41, 5.74) is 3.48. The predicted octanol–water partition coefficient (Wildman–Crippen LogP) is 3.11. The molecule has 0 bridgehead atoms. The maximum absolute atomic E-state index is 12.4. The fourth-order valence-corrected chi connectivity index (χ4v) is 2.82. The smallest absolute Gasteiger partial charge is 0.276 e. The molecule has 0 aliphatic heterocycles. The molecule has 150 valence electrons. The second kappa shape index (κ2) is 8.60. The summed E-state index contributed by atoms with van der Waals surface area (Å²) in [5, 5.41) is 6.96. The van der Waals surface area contributed by atoms with Crippen LogP contribution in [0.3, 0.4) is 0 Å². The second-order valence-corrected chi connectivity index (χ2v) is 6.86. The number of nitrogens with zero attached hydrogens (tertiary/aromatic N) is 3. The summed E-state index contributed by atoms with van der Waals surface area (Å²) in [6, 6.07) is 17.6. The Morgan fingerprint density at radius 3 is 2.28 bits per heavy atom. The van der Waals surface area contributed by atoms with E-state index in [1.54, 1.807) is 32.7 Å². The molecule has 7 heteroatoms. The van der Waals surface area contributed by atoms with E-state index in [0.717, 1.165) is 11.1 Å². The third-order valence-electron chi connectivity index (χ3n) is 4.54. The summed E-state index contributed by atoms with van der Waals surface area (Å²) in [5.74, 6) is -0.0465. The van der Waals surface area contributed by atoms with Crippen molar-refractivity contribution in [2.75, 3.05) is 26.0 Å². The average Bonchev–Trinajstić information content (AvgIpc) is 3.01. The second-order valence-electron chi connectivity index (χ2n) is 6.86. The van der Waals surface area contributed by atoms with Gasteiger partial charge in [0.15, 0.2) is 12.3 Å². The lowest BCUT2D eigenvalue weighted by molar-refractivity contribution is -0.118. The van der Waals surface area contributed by atoms with Gasteiger partial charge in [-0.05, 0) is 30.2 Å². The van der Waals surface area contributed by atoms with Crippen molar-refractivity contribution in [3.05, 3.63) is 66.0 Å². The molecule has 0 saturated heterocycles. The van der Waals surface area contributed by atoms with Gasteiger partial charge in [-0.1, -0.05) is 42.5 Å². The first-order chi connectivity index (χ1) is 13.9. The number of benzene rings is 2. The lowest BCUT2D eigenvalue weighted by atomic mass is 10.1. The highest BCUT2D eigenvalue weighted by Gasteiger charge is 2.22. The first-order valence-corrected chi connectivity index (χ1v) is 9.20. The van der Waals surface area contributed by atoms with E-state index in [9.17, 15) is 9.59 Å². The van der Waals surface area contributed by atoms with Crippen LogP contribution >= 0.6 is 0 Å². The maximum Gasteiger partial charge on any atom is 0.276 e. The Bertz CT molecular complexity index is 1010. The third-order valence-corrected chi connectivity index (χ3v) is 4.54. The minimum atomic E-state index is -0.360. The highest BCUT2D eigenvalue weighted by atomic mass is 16.5. The van der Waals surface area contributed by atoms with Gasteiger partial charge in [0.05, 0.1) is 11.4 Å². The molecule has 1 heterocycles. The molecule has 7 nitrogen and oxygen atoms in total. The summed E-state index contributed by atoms with van der Waals surface area (Å²) >= 11 is 0. The number of hydrogen-bond acceptors (Lipinski definition) is 4. The van der Waals surface area contributed by atoms with Gasteiger partial charge in [-0.25, -0.2) is 0 Å². The molecular weight excluding hydrogens is 368 g/mol. The molecule has 2 amide bonds. The number of hydrogen-bond donors (Lipinski definition) is 1. The molecule has 0 saturated carbocycles. The number of rotatable bonds is 6. The van der Waals surface area contributed by atoms with Gasteiger partial charge >= 0.3 is 0 Å². The van der Waals surface area contributed by atoms with E-state index < -0.39 is 0 Å². The van der Waals surface area contributed by atoms with Crippen molar-refractivity contribution in [3.8, 4) is 16.9 Å². The molecule has 3 aromatic rings. The fraction of sp³-hybridized carbons (Fsp3) is 0.227. The normalized spacial score (nSPS) is 10.5. The molecular formula is C22H24N4O3. The van der Waals surface area contributed by atoms with Crippen molar-refractivity contribution in [1.29, 1.82) is 0 Å². The molecule has 0 aliphatic rings. The predicted molar refractivity (Wildman–Crippen MR) is 112 cm³/mol. The SMILES string of the molecule is Cc1c(NC(=O)COc2ccc(-c3ccccc3)cc2)c(C(=O)N(C)C)nn1C. The molecule has 0 spiro atoms. The summed E-state index contributed by atoms with van der Waals surface area (Å²) in [7, 11) is 5.00. The molecule has 0 aliphatic carbocycles. The largest absolute Gasteiger partial charge is 0.484 e. The van der Waals surface area contributed by atoms with E-state index in [2.05, 4.69) is 10.4 Å². The standard InChI is InChI=1S/C22H24N4O3/c1-15-20(21(24-26(15)4)22(28)25(2)3)23-19(27)14-29-18-12-10-17(11-13-18)16-8-6-5-7-9-16/h5-13H,14H2,1-4H3,(H,23,27). The van der Waals surface area contributed by atoms with Gasteiger partial charge < -0.3 is 15.0 Å². The van der Waals surface area contributed by atoms with Crippen LogP contribution in [0.1, 0.15) is 16.2 Å². The summed E-state index contributed by atoms with van der Waals surface area (Å²) in [6.07, 6.45) is 0. The van der Waals surface area contributed by atoms with Crippen LogP contribution < -0.4 is 10.1 Å². The number of carbonyl (C=O) groups excluding carboxylic acids is 2. The lowest BCUT2D eigenvalue weighted by Gasteiger charge is -2.11. The third kappa shape index (κ3) is 4.63. The van der Waals surface area contributed by atoms with Gasteiger partial charge in [0.25, 0.3) is 11.8 Å². The van der Waals surface area contributed by atoms with Gasteiger partial charge in [-0.15, -0.1) is 0 Å². The van der Waals surface area contributed by atoms with Crippen LogP contribution in [-0.2, 0) is 11.8 Å². The molecule has 2 aromatic carbocycles. The molecule has 1 aromatic heterocycles. The fourth-order valence-electron chi connectivity index (χ4n) is 2.82. The van der Waals surface area contributed by atoms with Crippen LogP contribution in [0.15, 0.2) is 54.6 Å². The van der Waals surface area contributed by atoms with Crippen molar-refractivity contribution in [2.45, 2.75) is 6.92 Å². The zero-order valence-corrected chi connectivity index (χ0v) is 17.0. The van der Waals surface area contributed by atoms with Crippen LogP contribution in [-0.4, -0.2) is 47.2 Å². The molecule has 1 N–H and O–H groups in total. The Balaban J connectivity index is 1.64. The van der Waals surface area contributed by atoms with Gasteiger partial charge in [0.1, 0.15) is 5.75 Å². The van der Waals surface area contributed by atoms with Gasteiger partial charge in [-0.2, -0.15) is 5.10 Å². The van der Waals surface area contributed by atoms with Crippen LogP contribution in [0.4, 0.5) is 5.69 Å². The van der Waals surface area contributed by atoms with E-state index in [1.165, 1.54) is 4.90 Å². The van der Waals surface area contributed by atoms with Crippen LogP contribution in [0.5, 0.6) is 5.75 Å². The van der Waals surface area contributed by atoms with Crippen LogP contribution in [0.25, 0.3) is 11.1 Å². The van der Waals surface area contributed by atoms with E-state index in [4.69, 9.17) is 4.74 Å².